The number of hydrogen-bond acceptors (Lipinski definition) is 11. The van der Waals surface area contributed by atoms with E-state index in [4.69, 9.17) is 15.2 Å². The number of anilines is 5. The largest absolute Gasteiger partial charge is 0.494 e. The van der Waals surface area contributed by atoms with Gasteiger partial charge < -0.3 is 35.4 Å². The Morgan fingerprint density at radius 1 is 1.14 bits per heavy atom. The van der Waals surface area contributed by atoms with E-state index in [-0.39, 0.29) is 18.5 Å². The fourth-order valence-corrected chi connectivity index (χ4v) is 4.52. The third-order valence-corrected chi connectivity index (χ3v) is 6.40. The Morgan fingerprint density at radius 3 is 2.77 bits per heavy atom. The molecule has 12 nitrogen and oxygen atoms in total. The van der Waals surface area contributed by atoms with Crippen LogP contribution in [0.15, 0.2) is 30.6 Å². The minimum Gasteiger partial charge on any atom is -0.494 e. The number of rotatable bonds is 7. The Bertz CT molecular complexity index is 1150. The predicted octanol–water partition coefficient (Wildman–Crippen LogP) is 1.44. The number of aliphatic hydroxyl groups is 1. The maximum atomic E-state index is 9.55. The van der Waals surface area contributed by atoms with Gasteiger partial charge in [0.25, 0.3) is 0 Å². The molecule has 2 aromatic heterocycles. The molecule has 0 bridgehead atoms. The van der Waals surface area contributed by atoms with E-state index < -0.39 is 0 Å². The van der Waals surface area contributed by atoms with Crippen molar-refractivity contribution in [3.05, 3.63) is 30.6 Å². The Kier molecular flexibility index (Phi) is 6.82. The van der Waals surface area contributed by atoms with Crippen molar-refractivity contribution in [1.29, 1.82) is 0 Å². The zero-order valence-corrected chi connectivity index (χ0v) is 19.8. The van der Waals surface area contributed by atoms with Crippen molar-refractivity contribution >= 4 is 29.1 Å². The molecule has 0 radical (unpaired) electrons. The van der Waals surface area contributed by atoms with Gasteiger partial charge in [-0.2, -0.15) is 9.67 Å². The van der Waals surface area contributed by atoms with Gasteiger partial charge in [0.1, 0.15) is 17.9 Å². The fourth-order valence-electron chi connectivity index (χ4n) is 4.52. The summed E-state index contributed by atoms with van der Waals surface area (Å²) in [4.78, 5) is 17.5. The van der Waals surface area contributed by atoms with Gasteiger partial charge in [0.15, 0.2) is 5.82 Å². The highest BCUT2D eigenvalue weighted by atomic mass is 16.5. The number of aliphatic hydroxyl groups excluding tert-OH is 1. The zero-order valence-electron chi connectivity index (χ0n) is 19.8. The number of hydrogen-bond donors (Lipinski definition) is 3. The Balaban J connectivity index is 1.35. The molecule has 0 spiro atoms. The van der Waals surface area contributed by atoms with Crippen LogP contribution in [0.2, 0.25) is 0 Å². The van der Waals surface area contributed by atoms with Crippen molar-refractivity contribution in [2.24, 2.45) is 5.92 Å². The van der Waals surface area contributed by atoms with Crippen LogP contribution in [0.4, 0.5) is 29.1 Å². The number of ether oxygens (including phenoxy) is 2. The highest BCUT2D eigenvalue weighted by Crippen LogP contribution is 2.32. The van der Waals surface area contributed by atoms with Crippen LogP contribution in [0, 0.1) is 5.92 Å². The molecule has 5 rings (SSSR count). The topological polar surface area (TPSA) is 140 Å². The van der Waals surface area contributed by atoms with Crippen molar-refractivity contribution in [2.45, 2.75) is 12.8 Å². The first-order valence-corrected chi connectivity index (χ1v) is 11.8. The molecule has 2 aliphatic heterocycles. The average Bonchev–Trinajstić information content (AvgIpc) is 3.29. The first-order chi connectivity index (χ1) is 17.1. The summed E-state index contributed by atoms with van der Waals surface area (Å²) >= 11 is 0. The van der Waals surface area contributed by atoms with E-state index >= 15 is 0 Å². The lowest BCUT2D eigenvalue weighted by Gasteiger charge is -2.32. The third-order valence-electron chi connectivity index (χ3n) is 6.40. The maximum absolute atomic E-state index is 9.55. The van der Waals surface area contributed by atoms with Crippen molar-refractivity contribution in [1.82, 2.24) is 24.7 Å². The van der Waals surface area contributed by atoms with Gasteiger partial charge in [0.2, 0.25) is 11.9 Å². The van der Waals surface area contributed by atoms with Crippen molar-refractivity contribution < 1.29 is 14.6 Å². The molecule has 186 valence electrons. The average molecular weight is 482 g/mol. The summed E-state index contributed by atoms with van der Waals surface area (Å²) in [6.45, 7) is 4.94. The number of aromatic nitrogens is 5. The van der Waals surface area contributed by atoms with Gasteiger partial charge >= 0.3 is 0 Å². The molecule has 4 heterocycles. The Labute approximate surface area is 203 Å². The molecule has 0 unspecified atom stereocenters. The maximum Gasteiger partial charge on any atom is 0.249 e. The number of nitrogens with one attached hydrogen (secondary N) is 1. The van der Waals surface area contributed by atoms with Crippen molar-refractivity contribution in [2.75, 3.05) is 74.0 Å². The molecule has 2 fully saturated rings. The molecule has 0 amide bonds. The van der Waals surface area contributed by atoms with Crippen molar-refractivity contribution in [3.63, 3.8) is 0 Å². The minimum absolute atomic E-state index is 0.177. The highest BCUT2D eigenvalue weighted by molar-refractivity contribution is 5.68. The van der Waals surface area contributed by atoms with E-state index in [0.717, 1.165) is 56.2 Å². The fraction of sp³-hybridized carbons (Fsp3) is 0.478. The van der Waals surface area contributed by atoms with E-state index in [0.29, 0.717) is 30.7 Å². The number of benzene rings is 1. The molecule has 3 aromatic rings. The lowest BCUT2D eigenvalue weighted by molar-refractivity contribution is 0.122. The van der Waals surface area contributed by atoms with Crippen LogP contribution < -0.4 is 25.6 Å². The number of nitrogens with zero attached hydrogens (tertiary/aromatic N) is 7. The van der Waals surface area contributed by atoms with Crippen LogP contribution >= 0.6 is 0 Å². The molecule has 0 aliphatic carbocycles. The van der Waals surface area contributed by atoms with Crippen LogP contribution in [0.25, 0.3) is 5.82 Å². The summed E-state index contributed by atoms with van der Waals surface area (Å²) in [5, 5.41) is 17.3. The summed E-state index contributed by atoms with van der Waals surface area (Å²) in [5.74, 6) is 2.76. The molecular formula is C23H31N9O3. The molecule has 0 saturated carbocycles. The number of piperidine rings is 1. The van der Waals surface area contributed by atoms with Gasteiger partial charge in [0, 0.05) is 50.6 Å². The molecule has 12 heteroatoms. The van der Waals surface area contributed by atoms with Gasteiger partial charge in [-0.3, -0.25) is 0 Å². The van der Waals surface area contributed by atoms with Gasteiger partial charge in [-0.1, -0.05) is 0 Å². The second-order valence-electron chi connectivity index (χ2n) is 8.69. The Hall–Kier alpha value is -3.64. The molecule has 1 aromatic carbocycles. The summed E-state index contributed by atoms with van der Waals surface area (Å²) in [6.07, 6.45) is 3.53. The van der Waals surface area contributed by atoms with Crippen molar-refractivity contribution in [3.8, 4) is 11.6 Å². The summed E-state index contributed by atoms with van der Waals surface area (Å²) < 4.78 is 12.5. The summed E-state index contributed by atoms with van der Waals surface area (Å²) in [7, 11) is 1.63. The summed E-state index contributed by atoms with van der Waals surface area (Å²) in [5.41, 5.74) is 7.99. The molecule has 2 aliphatic rings. The lowest BCUT2D eigenvalue weighted by Crippen LogP contribution is -2.37. The van der Waals surface area contributed by atoms with Crippen LogP contribution in [0.3, 0.4) is 0 Å². The van der Waals surface area contributed by atoms with Gasteiger partial charge in [-0.15, -0.1) is 5.10 Å². The van der Waals surface area contributed by atoms with E-state index in [1.807, 2.05) is 24.3 Å². The SMILES string of the molecule is COc1cc(N2CCOCC2)ccc1Nc1nc(N)n(-c2cc(N3CCC[C@@H](CO)C3)ncn2)n1. The Morgan fingerprint density at radius 2 is 1.97 bits per heavy atom. The van der Waals surface area contributed by atoms with Crippen LogP contribution in [-0.4, -0.2) is 82.9 Å². The van der Waals surface area contributed by atoms with Crippen LogP contribution in [0.1, 0.15) is 12.8 Å². The number of methoxy groups -OCH3 is 1. The smallest absolute Gasteiger partial charge is 0.249 e. The monoisotopic (exact) mass is 481 g/mol. The first-order valence-electron chi connectivity index (χ1n) is 11.8. The van der Waals surface area contributed by atoms with Gasteiger partial charge in [0.05, 0.1) is 26.0 Å². The minimum atomic E-state index is 0.177. The molecule has 35 heavy (non-hydrogen) atoms. The number of nitrogen functional groups attached to an aromatic ring is 1. The molecular weight excluding hydrogens is 450 g/mol. The van der Waals surface area contributed by atoms with Crippen LogP contribution in [0.5, 0.6) is 5.75 Å². The van der Waals surface area contributed by atoms with Gasteiger partial charge in [-0.25, -0.2) is 9.97 Å². The summed E-state index contributed by atoms with van der Waals surface area (Å²) in [6, 6.07) is 7.80. The first kappa shape index (κ1) is 23.1. The van der Waals surface area contributed by atoms with E-state index in [9.17, 15) is 5.11 Å². The van der Waals surface area contributed by atoms with Gasteiger partial charge in [-0.05, 0) is 30.9 Å². The molecule has 4 N–H and O–H groups in total. The molecule has 2 saturated heterocycles. The third kappa shape index (κ3) is 5.08. The second kappa shape index (κ2) is 10.3. The number of nitrogens with two attached hydrogens (primary N) is 1. The lowest BCUT2D eigenvalue weighted by atomic mass is 9.99. The quantitative estimate of drug-likeness (QED) is 0.451. The second-order valence-corrected chi connectivity index (χ2v) is 8.69. The zero-order chi connectivity index (χ0) is 24.2. The highest BCUT2D eigenvalue weighted by Gasteiger charge is 2.22. The van der Waals surface area contributed by atoms with E-state index in [1.54, 1.807) is 7.11 Å². The van der Waals surface area contributed by atoms with E-state index in [2.05, 4.69) is 35.2 Å². The van der Waals surface area contributed by atoms with Crippen LogP contribution in [-0.2, 0) is 4.74 Å². The standard InChI is InChI=1S/C23H31N9O3/c1-34-19-11-17(30-7-9-35-10-8-30)4-5-18(19)27-23-28-22(24)32(29-23)21-12-20(25-15-26-21)31-6-2-3-16(13-31)14-33/h4-5,11-12,15-16,33H,2-3,6-10,13-14H2,1H3,(H3,24,27,28,29)/t16-/m1/s1. The van der Waals surface area contributed by atoms with E-state index in [1.165, 1.54) is 11.0 Å². The normalized spacial score (nSPS) is 18.5. The number of morpholine rings is 1. The molecule has 1 atom stereocenters. The predicted molar refractivity (Wildman–Crippen MR) is 133 cm³/mol.